The maximum absolute atomic E-state index is 6.46. The molecule has 0 saturated heterocycles. The van der Waals surface area contributed by atoms with E-state index >= 15 is 0 Å². The van der Waals surface area contributed by atoms with E-state index in [9.17, 15) is 0 Å². The standard InChI is InChI=1S/C19H28ClN/c1-14-7-8-16(19(20)11-14)12-15-5-3-2-4-6-17(15)13-21-18-9-10-18/h7-8,11,15,17-18,21H,2-6,9-10,12-13H2,1H3. The summed E-state index contributed by atoms with van der Waals surface area (Å²) in [6, 6.07) is 7.39. The first kappa shape index (κ1) is 15.4. The van der Waals surface area contributed by atoms with Crippen LogP contribution in [0.2, 0.25) is 5.02 Å². The minimum Gasteiger partial charge on any atom is -0.314 e. The Morgan fingerprint density at radius 1 is 1.05 bits per heavy atom. The minimum absolute atomic E-state index is 0.805. The molecule has 21 heavy (non-hydrogen) atoms. The van der Waals surface area contributed by atoms with E-state index < -0.39 is 0 Å². The molecule has 116 valence electrons. The van der Waals surface area contributed by atoms with Gasteiger partial charge in [-0.2, -0.15) is 0 Å². The lowest BCUT2D eigenvalue weighted by atomic mass is 9.83. The third-order valence-corrected chi connectivity index (χ3v) is 5.61. The van der Waals surface area contributed by atoms with Crippen LogP contribution < -0.4 is 5.32 Å². The quantitative estimate of drug-likeness (QED) is 0.743. The topological polar surface area (TPSA) is 12.0 Å². The summed E-state index contributed by atoms with van der Waals surface area (Å²) in [4.78, 5) is 0. The van der Waals surface area contributed by atoms with E-state index in [1.165, 1.54) is 62.6 Å². The number of aryl methyl sites for hydroxylation is 1. The highest BCUT2D eigenvalue weighted by Gasteiger charge is 2.27. The fourth-order valence-corrected chi connectivity index (χ4v) is 4.02. The Morgan fingerprint density at radius 3 is 2.52 bits per heavy atom. The summed E-state index contributed by atoms with van der Waals surface area (Å²) in [5, 5.41) is 4.73. The molecule has 1 N–H and O–H groups in total. The van der Waals surface area contributed by atoms with Gasteiger partial charge >= 0.3 is 0 Å². The number of hydrogen-bond acceptors (Lipinski definition) is 1. The second-order valence-electron chi connectivity index (χ2n) is 7.14. The molecule has 2 aliphatic carbocycles. The molecule has 2 fully saturated rings. The van der Waals surface area contributed by atoms with Gasteiger partial charge in [-0.25, -0.2) is 0 Å². The zero-order chi connectivity index (χ0) is 14.7. The molecule has 1 nitrogen and oxygen atoms in total. The summed E-state index contributed by atoms with van der Waals surface area (Å²) in [7, 11) is 0. The lowest BCUT2D eigenvalue weighted by molar-refractivity contribution is 0.297. The largest absolute Gasteiger partial charge is 0.314 e. The third-order valence-electron chi connectivity index (χ3n) is 5.25. The fourth-order valence-electron chi connectivity index (χ4n) is 3.70. The van der Waals surface area contributed by atoms with Crippen molar-refractivity contribution in [2.24, 2.45) is 11.8 Å². The smallest absolute Gasteiger partial charge is 0.0440 e. The highest BCUT2D eigenvalue weighted by atomic mass is 35.5. The van der Waals surface area contributed by atoms with Gasteiger partial charge in [-0.1, -0.05) is 43.0 Å². The molecule has 0 spiro atoms. The zero-order valence-electron chi connectivity index (χ0n) is 13.2. The van der Waals surface area contributed by atoms with Crippen molar-refractivity contribution in [1.29, 1.82) is 0 Å². The maximum Gasteiger partial charge on any atom is 0.0440 e. The summed E-state index contributed by atoms with van der Waals surface area (Å²) < 4.78 is 0. The minimum atomic E-state index is 0.805. The maximum atomic E-state index is 6.46. The fraction of sp³-hybridized carbons (Fsp3) is 0.684. The van der Waals surface area contributed by atoms with E-state index in [4.69, 9.17) is 11.6 Å². The molecule has 2 saturated carbocycles. The number of rotatable bonds is 5. The molecule has 2 atom stereocenters. The van der Waals surface area contributed by atoms with Crippen LogP contribution in [-0.4, -0.2) is 12.6 Å². The molecule has 1 aromatic rings. The molecule has 2 aliphatic rings. The summed E-state index contributed by atoms with van der Waals surface area (Å²) in [6.45, 7) is 3.34. The summed E-state index contributed by atoms with van der Waals surface area (Å²) in [6.07, 6.45) is 10.9. The van der Waals surface area contributed by atoms with Crippen LogP contribution in [-0.2, 0) is 6.42 Å². The summed E-state index contributed by atoms with van der Waals surface area (Å²) >= 11 is 6.46. The molecule has 0 bridgehead atoms. The Hall–Kier alpha value is -0.530. The first-order chi connectivity index (χ1) is 10.2. The van der Waals surface area contributed by atoms with Crippen LogP contribution in [0.1, 0.15) is 56.1 Å². The Kier molecular flexibility index (Phi) is 5.24. The highest BCUT2D eigenvalue weighted by molar-refractivity contribution is 6.31. The van der Waals surface area contributed by atoms with Crippen LogP contribution in [0.15, 0.2) is 18.2 Å². The Labute approximate surface area is 134 Å². The SMILES string of the molecule is Cc1ccc(CC2CCCCCC2CNC2CC2)c(Cl)c1. The number of hydrogen-bond donors (Lipinski definition) is 1. The second kappa shape index (κ2) is 7.15. The lowest BCUT2D eigenvalue weighted by Gasteiger charge is -2.26. The average molecular weight is 306 g/mol. The van der Waals surface area contributed by atoms with Gasteiger partial charge in [-0.05, 0) is 74.6 Å². The molecule has 0 radical (unpaired) electrons. The molecule has 0 amide bonds. The van der Waals surface area contributed by atoms with Crippen molar-refractivity contribution in [3.63, 3.8) is 0 Å². The van der Waals surface area contributed by atoms with Crippen molar-refractivity contribution in [2.45, 2.75) is 64.3 Å². The van der Waals surface area contributed by atoms with Crippen molar-refractivity contribution in [3.05, 3.63) is 34.3 Å². The summed E-state index contributed by atoms with van der Waals surface area (Å²) in [5.74, 6) is 1.64. The number of nitrogens with one attached hydrogen (secondary N) is 1. The van der Waals surface area contributed by atoms with Crippen LogP contribution in [0.5, 0.6) is 0 Å². The first-order valence-electron chi connectivity index (χ1n) is 8.71. The van der Waals surface area contributed by atoms with Crippen molar-refractivity contribution in [2.75, 3.05) is 6.54 Å². The second-order valence-corrected chi connectivity index (χ2v) is 7.55. The predicted octanol–water partition coefficient (Wildman–Crippen LogP) is 5.14. The van der Waals surface area contributed by atoms with Gasteiger partial charge in [0.05, 0.1) is 0 Å². The molecule has 3 rings (SSSR count). The Balaban J connectivity index is 1.65. The van der Waals surface area contributed by atoms with E-state index in [1.54, 1.807) is 0 Å². The third kappa shape index (κ3) is 4.47. The van der Waals surface area contributed by atoms with Gasteiger partial charge in [-0.3, -0.25) is 0 Å². The molecule has 0 heterocycles. The van der Waals surface area contributed by atoms with Gasteiger partial charge in [0, 0.05) is 11.1 Å². The van der Waals surface area contributed by atoms with Crippen molar-refractivity contribution in [1.82, 2.24) is 5.32 Å². The Bertz CT molecular complexity index is 467. The highest BCUT2D eigenvalue weighted by Crippen LogP contribution is 2.33. The van der Waals surface area contributed by atoms with E-state index in [0.29, 0.717) is 0 Å². The number of benzene rings is 1. The lowest BCUT2D eigenvalue weighted by Crippen LogP contribution is -2.30. The van der Waals surface area contributed by atoms with Gasteiger partial charge in [0.1, 0.15) is 0 Å². The normalized spacial score (nSPS) is 26.6. The summed E-state index contributed by atoms with van der Waals surface area (Å²) in [5.41, 5.74) is 2.61. The molecule has 2 unspecified atom stereocenters. The van der Waals surface area contributed by atoms with Crippen LogP contribution in [0.3, 0.4) is 0 Å². The zero-order valence-corrected chi connectivity index (χ0v) is 14.0. The van der Waals surface area contributed by atoms with Crippen LogP contribution in [0.4, 0.5) is 0 Å². The molecular weight excluding hydrogens is 278 g/mol. The van der Waals surface area contributed by atoms with E-state index in [2.05, 4.69) is 30.4 Å². The van der Waals surface area contributed by atoms with Gasteiger partial charge in [0.25, 0.3) is 0 Å². The van der Waals surface area contributed by atoms with Crippen LogP contribution in [0.25, 0.3) is 0 Å². The van der Waals surface area contributed by atoms with E-state index in [0.717, 1.165) is 29.3 Å². The van der Waals surface area contributed by atoms with Gasteiger partial charge in [0.2, 0.25) is 0 Å². The average Bonchev–Trinajstić information content (AvgIpc) is 3.27. The van der Waals surface area contributed by atoms with Gasteiger partial charge < -0.3 is 5.32 Å². The first-order valence-corrected chi connectivity index (χ1v) is 9.08. The van der Waals surface area contributed by atoms with Crippen molar-refractivity contribution >= 4 is 11.6 Å². The molecule has 0 aliphatic heterocycles. The van der Waals surface area contributed by atoms with Gasteiger partial charge in [-0.15, -0.1) is 0 Å². The molecule has 0 aromatic heterocycles. The predicted molar refractivity (Wildman–Crippen MR) is 91.0 cm³/mol. The van der Waals surface area contributed by atoms with Crippen molar-refractivity contribution in [3.8, 4) is 0 Å². The number of halogens is 1. The molecule has 2 heteroatoms. The van der Waals surface area contributed by atoms with Crippen LogP contribution in [0, 0.1) is 18.8 Å². The monoisotopic (exact) mass is 305 g/mol. The molecular formula is C19H28ClN. The van der Waals surface area contributed by atoms with E-state index in [1.807, 2.05) is 0 Å². The van der Waals surface area contributed by atoms with Gasteiger partial charge in [0.15, 0.2) is 0 Å². The molecule has 1 aromatic carbocycles. The Morgan fingerprint density at radius 2 is 1.81 bits per heavy atom. The van der Waals surface area contributed by atoms with Crippen molar-refractivity contribution < 1.29 is 0 Å². The van der Waals surface area contributed by atoms with E-state index in [-0.39, 0.29) is 0 Å². The van der Waals surface area contributed by atoms with Crippen LogP contribution >= 0.6 is 11.6 Å².